The summed E-state index contributed by atoms with van der Waals surface area (Å²) in [4.78, 5) is 33.0. The van der Waals surface area contributed by atoms with Crippen LogP contribution in [0.5, 0.6) is 0 Å². The van der Waals surface area contributed by atoms with Crippen LogP contribution in [0.2, 0.25) is 0 Å². The van der Waals surface area contributed by atoms with Crippen LogP contribution < -0.4 is 0 Å². The predicted octanol–water partition coefficient (Wildman–Crippen LogP) is 0.699. The van der Waals surface area contributed by atoms with E-state index in [4.69, 9.17) is 14.6 Å². The monoisotopic (exact) mass is 256 g/mol. The predicted molar refractivity (Wildman–Crippen MR) is 60.9 cm³/mol. The third-order valence-electron chi connectivity index (χ3n) is 2.41. The summed E-state index contributed by atoms with van der Waals surface area (Å²) >= 11 is 0. The van der Waals surface area contributed by atoms with Gasteiger partial charge in [-0.2, -0.15) is 0 Å². The largest absolute Gasteiger partial charge is 0.478 e. The van der Waals surface area contributed by atoms with Crippen molar-refractivity contribution in [2.24, 2.45) is 0 Å². The second-order valence-corrected chi connectivity index (χ2v) is 4.07. The van der Waals surface area contributed by atoms with E-state index >= 15 is 0 Å². The van der Waals surface area contributed by atoms with Gasteiger partial charge in [-0.1, -0.05) is 6.08 Å². The molecule has 0 spiro atoms. The van der Waals surface area contributed by atoms with Gasteiger partial charge in [-0.25, -0.2) is 4.79 Å². The normalized spacial score (nSPS) is 18.3. The Kier molecular flexibility index (Phi) is 5.51. The summed E-state index contributed by atoms with van der Waals surface area (Å²) in [7, 11) is 0. The topological polar surface area (TPSA) is 93.2 Å². The van der Waals surface area contributed by atoms with E-state index in [1.54, 1.807) is 0 Å². The molecule has 18 heavy (non-hydrogen) atoms. The van der Waals surface area contributed by atoms with E-state index in [1.165, 1.54) is 13.0 Å². The van der Waals surface area contributed by atoms with Gasteiger partial charge in [-0.05, 0) is 6.92 Å². The number of ketones is 1. The van der Waals surface area contributed by atoms with Crippen LogP contribution in [0.25, 0.3) is 0 Å². The molecule has 0 saturated carbocycles. The van der Waals surface area contributed by atoms with Crippen molar-refractivity contribution in [2.45, 2.75) is 32.3 Å². The molecule has 1 atom stereocenters. The molecule has 0 radical (unpaired) electrons. The molecule has 1 rings (SSSR count). The van der Waals surface area contributed by atoms with Gasteiger partial charge in [-0.3, -0.25) is 9.59 Å². The van der Waals surface area contributed by atoms with Crippen LogP contribution in [-0.4, -0.2) is 42.1 Å². The third kappa shape index (κ3) is 6.15. The fraction of sp³-hybridized carbons (Fsp3) is 0.583. The van der Waals surface area contributed by atoms with Crippen LogP contribution in [0, 0.1) is 0 Å². The first-order valence-corrected chi connectivity index (χ1v) is 5.68. The zero-order chi connectivity index (χ0) is 13.5. The molecule has 0 aromatic heterocycles. The van der Waals surface area contributed by atoms with Crippen molar-refractivity contribution in [2.75, 3.05) is 13.2 Å². The van der Waals surface area contributed by atoms with Gasteiger partial charge in [0.1, 0.15) is 18.5 Å². The van der Waals surface area contributed by atoms with Crippen molar-refractivity contribution in [3.8, 4) is 0 Å². The SMILES string of the molecule is CC(=CCC(=O)CCC(=O)OCC1CO1)C(=O)O. The Balaban J connectivity index is 2.13. The van der Waals surface area contributed by atoms with Gasteiger partial charge in [0.05, 0.1) is 13.0 Å². The first-order valence-electron chi connectivity index (χ1n) is 5.68. The van der Waals surface area contributed by atoms with Crippen LogP contribution in [0.15, 0.2) is 11.6 Å². The number of hydrogen-bond donors (Lipinski definition) is 1. The van der Waals surface area contributed by atoms with Crippen molar-refractivity contribution in [1.82, 2.24) is 0 Å². The smallest absolute Gasteiger partial charge is 0.330 e. The Morgan fingerprint density at radius 2 is 2.06 bits per heavy atom. The summed E-state index contributed by atoms with van der Waals surface area (Å²) in [6.07, 6.45) is 1.47. The van der Waals surface area contributed by atoms with E-state index < -0.39 is 11.9 Å². The third-order valence-corrected chi connectivity index (χ3v) is 2.41. The average molecular weight is 256 g/mol. The summed E-state index contributed by atoms with van der Waals surface area (Å²) in [6.45, 7) is 2.27. The van der Waals surface area contributed by atoms with Crippen LogP contribution in [0.1, 0.15) is 26.2 Å². The molecule has 1 aliphatic heterocycles. The van der Waals surface area contributed by atoms with Crippen molar-refractivity contribution in [3.05, 3.63) is 11.6 Å². The van der Waals surface area contributed by atoms with E-state index in [1.807, 2.05) is 0 Å². The van der Waals surface area contributed by atoms with Gasteiger partial charge >= 0.3 is 11.9 Å². The average Bonchev–Trinajstić information content (AvgIpc) is 3.14. The maximum Gasteiger partial charge on any atom is 0.330 e. The standard InChI is InChI=1S/C12H16O6/c1-8(12(15)16)2-3-9(13)4-5-11(14)18-7-10-6-17-10/h2,10H,3-7H2,1H3,(H,15,16). The number of allylic oxidation sites excluding steroid dienone is 1. The highest BCUT2D eigenvalue weighted by Gasteiger charge is 2.24. The molecule has 1 N–H and O–H groups in total. The van der Waals surface area contributed by atoms with Crippen molar-refractivity contribution >= 4 is 17.7 Å². The molecule has 0 aromatic carbocycles. The first kappa shape index (κ1) is 14.4. The molecule has 0 aromatic rings. The lowest BCUT2D eigenvalue weighted by atomic mass is 10.1. The summed E-state index contributed by atoms with van der Waals surface area (Å²) < 4.78 is 9.72. The summed E-state index contributed by atoms with van der Waals surface area (Å²) in [5.41, 5.74) is 0.122. The lowest BCUT2D eigenvalue weighted by molar-refractivity contribution is -0.145. The molecule has 6 heteroatoms. The second-order valence-electron chi connectivity index (χ2n) is 4.07. The summed E-state index contributed by atoms with van der Waals surface area (Å²) in [5.74, 6) is -1.67. The quantitative estimate of drug-likeness (QED) is 0.390. The molecule has 0 amide bonds. The number of aliphatic carboxylic acids is 1. The Hall–Kier alpha value is -1.69. The van der Waals surface area contributed by atoms with Crippen molar-refractivity contribution in [1.29, 1.82) is 0 Å². The van der Waals surface area contributed by atoms with E-state index in [9.17, 15) is 14.4 Å². The molecule has 1 fully saturated rings. The molecule has 1 heterocycles. The number of epoxide rings is 1. The molecule has 100 valence electrons. The Labute approximate surface area is 105 Å². The number of rotatable bonds is 8. The minimum atomic E-state index is -1.05. The summed E-state index contributed by atoms with van der Waals surface area (Å²) in [5, 5.41) is 8.58. The van der Waals surface area contributed by atoms with Crippen molar-refractivity contribution < 1.29 is 29.0 Å². The number of carboxylic acid groups (broad SMARTS) is 1. The number of carboxylic acids is 1. The zero-order valence-corrected chi connectivity index (χ0v) is 10.2. The van der Waals surface area contributed by atoms with Crippen LogP contribution in [-0.2, 0) is 23.9 Å². The number of carbonyl (C=O) groups is 3. The van der Waals surface area contributed by atoms with Gasteiger partial charge in [-0.15, -0.1) is 0 Å². The number of ether oxygens (including phenoxy) is 2. The lowest BCUT2D eigenvalue weighted by Crippen LogP contribution is -2.11. The highest BCUT2D eigenvalue weighted by molar-refractivity contribution is 5.88. The maximum absolute atomic E-state index is 11.4. The van der Waals surface area contributed by atoms with Gasteiger partial charge in [0.2, 0.25) is 0 Å². The molecular formula is C12H16O6. The fourth-order valence-electron chi connectivity index (χ4n) is 1.12. The molecule has 1 aliphatic rings. The maximum atomic E-state index is 11.4. The van der Waals surface area contributed by atoms with E-state index in [-0.39, 0.29) is 43.3 Å². The molecule has 6 nitrogen and oxygen atoms in total. The van der Waals surface area contributed by atoms with Crippen LogP contribution >= 0.6 is 0 Å². The Morgan fingerprint density at radius 1 is 1.39 bits per heavy atom. The molecule has 0 bridgehead atoms. The zero-order valence-electron chi connectivity index (χ0n) is 10.2. The number of carbonyl (C=O) groups excluding carboxylic acids is 2. The van der Waals surface area contributed by atoms with Gasteiger partial charge < -0.3 is 14.6 Å². The molecule has 1 saturated heterocycles. The highest BCUT2D eigenvalue weighted by atomic mass is 16.6. The number of Topliss-reactive ketones (excluding diaryl/α,β-unsaturated/α-hetero) is 1. The second kappa shape index (κ2) is 6.90. The van der Waals surface area contributed by atoms with Gasteiger partial charge in [0.25, 0.3) is 0 Å². The minimum absolute atomic E-state index is 0.0193. The van der Waals surface area contributed by atoms with Crippen molar-refractivity contribution in [3.63, 3.8) is 0 Å². The van der Waals surface area contributed by atoms with E-state index in [2.05, 4.69) is 0 Å². The molecule has 1 unspecified atom stereocenters. The Bertz CT molecular complexity index is 367. The number of hydrogen-bond acceptors (Lipinski definition) is 5. The molecular weight excluding hydrogens is 240 g/mol. The highest BCUT2D eigenvalue weighted by Crippen LogP contribution is 2.09. The van der Waals surface area contributed by atoms with Gasteiger partial charge in [0.15, 0.2) is 0 Å². The Morgan fingerprint density at radius 3 is 2.61 bits per heavy atom. The van der Waals surface area contributed by atoms with E-state index in [0.29, 0.717) is 6.61 Å². The fourth-order valence-corrected chi connectivity index (χ4v) is 1.12. The van der Waals surface area contributed by atoms with Gasteiger partial charge in [0, 0.05) is 18.4 Å². The van der Waals surface area contributed by atoms with E-state index in [0.717, 1.165) is 0 Å². The number of esters is 1. The lowest BCUT2D eigenvalue weighted by Gasteiger charge is -2.01. The minimum Gasteiger partial charge on any atom is -0.478 e. The molecule has 0 aliphatic carbocycles. The van der Waals surface area contributed by atoms with Crippen LogP contribution in [0.4, 0.5) is 0 Å². The summed E-state index contributed by atoms with van der Waals surface area (Å²) in [6, 6.07) is 0. The van der Waals surface area contributed by atoms with Crippen LogP contribution in [0.3, 0.4) is 0 Å². The first-order chi connectivity index (χ1) is 8.49.